The third-order valence-corrected chi connectivity index (χ3v) is 6.68. The van der Waals surface area contributed by atoms with Gasteiger partial charge < -0.3 is 10.1 Å². The summed E-state index contributed by atoms with van der Waals surface area (Å²) in [6, 6.07) is 33.3. The smallest absolute Gasteiger partial charge is 0.0601 e. The summed E-state index contributed by atoms with van der Waals surface area (Å²) < 4.78 is 5.25. The van der Waals surface area contributed by atoms with Gasteiger partial charge in [0.1, 0.15) is 0 Å². The van der Waals surface area contributed by atoms with Gasteiger partial charge in [0.15, 0.2) is 0 Å². The third kappa shape index (κ3) is 5.24. The zero-order chi connectivity index (χ0) is 21.4. The Bertz CT molecular complexity index is 851. The molecule has 1 fully saturated rings. The van der Waals surface area contributed by atoms with Gasteiger partial charge in [-0.1, -0.05) is 91.0 Å². The van der Waals surface area contributed by atoms with E-state index in [1.54, 1.807) is 7.11 Å². The van der Waals surface area contributed by atoms with Crippen molar-refractivity contribution < 1.29 is 4.74 Å². The molecule has 0 spiro atoms. The molecule has 1 saturated heterocycles. The summed E-state index contributed by atoms with van der Waals surface area (Å²) in [5.74, 6) is 0. The third-order valence-electron chi connectivity index (χ3n) is 6.68. The molecule has 0 radical (unpaired) electrons. The average Bonchev–Trinajstić information content (AvgIpc) is 2.85. The van der Waals surface area contributed by atoms with Crippen LogP contribution in [0.5, 0.6) is 0 Å². The van der Waals surface area contributed by atoms with E-state index in [4.69, 9.17) is 4.74 Å². The normalized spacial score (nSPS) is 16.5. The van der Waals surface area contributed by atoms with Gasteiger partial charge in [-0.25, -0.2) is 0 Å². The Morgan fingerprint density at radius 3 is 1.84 bits per heavy atom. The number of ether oxygens (including phenoxy) is 1. The lowest BCUT2D eigenvalue weighted by Crippen LogP contribution is -2.49. The number of rotatable bonds is 9. The largest absolute Gasteiger partial charge is 0.383 e. The summed E-state index contributed by atoms with van der Waals surface area (Å²) in [6.45, 7) is 4.80. The first-order valence-corrected chi connectivity index (χ1v) is 11.4. The van der Waals surface area contributed by atoms with Crippen LogP contribution in [-0.4, -0.2) is 44.8 Å². The van der Waals surface area contributed by atoms with E-state index < -0.39 is 0 Å². The molecule has 0 atom stereocenters. The van der Waals surface area contributed by atoms with Crippen molar-refractivity contribution in [3.63, 3.8) is 0 Å². The van der Waals surface area contributed by atoms with Crippen LogP contribution in [0.25, 0.3) is 0 Å². The minimum absolute atomic E-state index is 0.170. The van der Waals surface area contributed by atoms with Crippen molar-refractivity contribution in [1.29, 1.82) is 0 Å². The Morgan fingerprint density at radius 2 is 1.32 bits per heavy atom. The van der Waals surface area contributed by atoms with Gasteiger partial charge in [-0.15, -0.1) is 0 Å². The number of likely N-dealkylation sites (tertiary alicyclic amines) is 1. The van der Waals surface area contributed by atoms with Crippen molar-refractivity contribution in [1.82, 2.24) is 10.2 Å². The van der Waals surface area contributed by atoms with Crippen molar-refractivity contribution in [2.75, 3.05) is 39.9 Å². The van der Waals surface area contributed by atoms with Crippen LogP contribution in [0.15, 0.2) is 91.0 Å². The van der Waals surface area contributed by atoms with E-state index in [0.717, 1.165) is 45.6 Å². The zero-order valence-electron chi connectivity index (χ0n) is 18.5. The van der Waals surface area contributed by atoms with Crippen LogP contribution in [0.1, 0.15) is 35.6 Å². The molecular weight excluding hydrogens is 380 g/mol. The van der Waals surface area contributed by atoms with Crippen LogP contribution in [0.4, 0.5) is 0 Å². The first-order valence-electron chi connectivity index (χ1n) is 11.4. The maximum atomic E-state index is 5.25. The highest BCUT2D eigenvalue weighted by Crippen LogP contribution is 2.39. The first-order chi connectivity index (χ1) is 15.3. The number of benzene rings is 3. The number of hydrogen-bond donors (Lipinski definition) is 1. The Kier molecular flexibility index (Phi) is 7.52. The lowest BCUT2D eigenvalue weighted by Gasteiger charge is -2.45. The predicted octanol–water partition coefficient (Wildman–Crippen LogP) is 5.05. The topological polar surface area (TPSA) is 24.5 Å². The molecule has 1 aliphatic rings. The summed E-state index contributed by atoms with van der Waals surface area (Å²) >= 11 is 0. The van der Waals surface area contributed by atoms with Crippen LogP contribution >= 0.6 is 0 Å². The lowest BCUT2D eigenvalue weighted by atomic mass is 9.72. The quantitative estimate of drug-likeness (QED) is 0.496. The number of nitrogens with one attached hydrogen (secondary N) is 1. The molecule has 0 aromatic heterocycles. The van der Waals surface area contributed by atoms with Crippen LogP contribution in [0, 0.1) is 0 Å². The van der Waals surface area contributed by atoms with Gasteiger partial charge in [-0.05, 0) is 42.6 Å². The number of hydrogen-bond acceptors (Lipinski definition) is 3. The fourth-order valence-electron chi connectivity index (χ4n) is 4.96. The molecule has 0 bridgehead atoms. The van der Waals surface area contributed by atoms with E-state index in [-0.39, 0.29) is 5.41 Å². The first kappa shape index (κ1) is 21.8. The second kappa shape index (κ2) is 10.7. The van der Waals surface area contributed by atoms with Gasteiger partial charge in [0, 0.05) is 25.6 Å². The molecule has 1 heterocycles. The SMILES string of the molecule is COCCNCC1(c2ccccc2)CCN(C(c2ccccc2)c2ccccc2)CC1. The highest BCUT2D eigenvalue weighted by Gasteiger charge is 2.38. The number of methoxy groups -OCH3 is 1. The van der Waals surface area contributed by atoms with Gasteiger partial charge in [0.2, 0.25) is 0 Å². The zero-order valence-corrected chi connectivity index (χ0v) is 18.5. The Hall–Kier alpha value is -2.46. The van der Waals surface area contributed by atoms with E-state index in [0.29, 0.717) is 6.04 Å². The minimum atomic E-state index is 0.170. The summed E-state index contributed by atoms with van der Waals surface area (Å²) in [7, 11) is 1.76. The lowest BCUT2D eigenvalue weighted by molar-refractivity contribution is 0.125. The molecule has 3 aromatic rings. The molecule has 1 N–H and O–H groups in total. The summed E-state index contributed by atoms with van der Waals surface area (Å²) in [5.41, 5.74) is 4.37. The van der Waals surface area contributed by atoms with Crippen molar-refractivity contribution in [2.45, 2.75) is 24.3 Å². The van der Waals surface area contributed by atoms with Gasteiger partial charge in [0.25, 0.3) is 0 Å². The second-order valence-electron chi connectivity index (χ2n) is 8.58. The molecule has 3 aromatic carbocycles. The van der Waals surface area contributed by atoms with Gasteiger partial charge in [0.05, 0.1) is 12.6 Å². The maximum Gasteiger partial charge on any atom is 0.0601 e. The van der Waals surface area contributed by atoms with E-state index in [9.17, 15) is 0 Å². The molecule has 162 valence electrons. The van der Waals surface area contributed by atoms with E-state index in [1.807, 2.05) is 0 Å². The molecule has 3 nitrogen and oxygen atoms in total. The van der Waals surface area contributed by atoms with Crippen LogP contribution in [0.3, 0.4) is 0 Å². The molecular formula is C28H34N2O. The van der Waals surface area contributed by atoms with Gasteiger partial charge >= 0.3 is 0 Å². The molecule has 0 unspecified atom stereocenters. The van der Waals surface area contributed by atoms with Gasteiger partial charge in [-0.3, -0.25) is 4.90 Å². The molecule has 0 amide bonds. The highest BCUT2D eigenvalue weighted by molar-refractivity contribution is 5.33. The van der Waals surface area contributed by atoms with Crippen LogP contribution in [-0.2, 0) is 10.2 Å². The maximum absolute atomic E-state index is 5.25. The Morgan fingerprint density at radius 1 is 0.806 bits per heavy atom. The molecule has 31 heavy (non-hydrogen) atoms. The summed E-state index contributed by atoms with van der Waals surface area (Å²) in [6.07, 6.45) is 2.29. The molecule has 4 rings (SSSR count). The summed E-state index contributed by atoms with van der Waals surface area (Å²) in [5, 5.41) is 3.66. The fraction of sp³-hybridized carbons (Fsp3) is 0.357. The Labute approximate surface area is 187 Å². The fourth-order valence-corrected chi connectivity index (χ4v) is 4.96. The monoisotopic (exact) mass is 414 g/mol. The molecule has 0 aliphatic carbocycles. The highest BCUT2D eigenvalue weighted by atomic mass is 16.5. The van der Waals surface area contributed by atoms with Crippen LogP contribution in [0.2, 0.25) is 0 Å². The Balaban J connectivity index is 1.56. The average molecular weight is 415 g/mol. The molecule has 3 heteroatoms. The van der Waals surface area contributed by atoms with Crippen molar-refractivity contribution in [3.8, 4) is 0 Å². The van der Waals surface area contributed by atoms with E-state index in [2.05, 4.69) is 101 Å². The van der Waals surface area contributed by atoms with Crippen molar-refractivity contribution in [2.24, 2.45) is 0 Å². The van der Waals surface area contributed by atoms with Crippen LogP contribution < -0.4 is 5.32 Å². The van der Waals surface area contributed by atoms with Crippen molar-refractivity contribution in [3.05, 3.63) is 108 Å². The number of nitrogens with zero attached hydrogens (tertiary/aromatic N) is 1. The van der Waals surface area contributed by atoms with E-state index >= 15 is 0 Å². The van der Waals surface area contributed by atoms with Gasteiger partial charge in [-0.2, -0.15) is 0 Å². The van der Waals surface area contributed by atoms with E-state index in [1.165, 1.54) is 16.7 Å². The summed E-state index contributed by atoms with van der Waals surface area (Å²) in [4.78, 5) is 2.67. The van der Waals surface area contributed by atoms with Crippen molar-refractivity contribution >= 4 is 0 Å². The molecule has 1 aliphatic heterocycles. The molecule has 0 saturated carbocycles. The standard InChI is InChI=1S/C28H34N2O/c1-31-22-19-29-23-28(26-15-9-4-10-16-26)17-20-30(21-18-28)27(24-11-5-2-6-12-24)25-13-7-3-8-14-25/h2-16,27,29H,17-23H2,1H3. The minimum Gasteiger partial charge on any atom is -0.383 e. The predicted molar refractivity (Wildman–Crippen MR) is 128 cm³/mol. The number of piperidine rings is 1. The second-order valence-corrected chi connectivity index (χ2v) is 8.58.